The molecular formula is C26H25F3N4O3. The number of carbonyl (C=O) groups excluding carboxylic acids is 1. The minimum Gasteiger partial charge on any atom is -0.385 e. The van der Waals surface area contributed by atoms with Gasteiger partial charge in [-0.2, -0.15) is 13.2 Å². The van der Waals surface area contributed by atoms with Gasteiger partial charge in [0.1, 0.15) is 11.0 Å². The largest absolute Gasteiger partial charge is 0.416 e. The smallest absolute Gasteiger partial charge is 0.385 e. The number of likely N-dealkylation sites (tertiary alicyclic amines) is 1. The normalized spacial score (nSPS) is 16.1. The van der Waals surface area contributed by atoms with Crippen LogP contribution in [0, 0.1) is 6.92 Å². The van der Waals surface area contributed by atoms with Crippen molar-refractivity contribution in [2.45, 2.75) is 44.5 Å². The number of rotatable bonds is 4. The molecule has 2 N–H and O–H groups in total. The van der Waals surface area contributed by atoms with Gasteiger partial charge in [-0.25, -0.2) is 4.98 Å². The average molecular weight is 499 g/mol. The van der Waals surface area contributed by atoms with Gasteiger partial charge in [0.15, 0.2) is 0 Å². The minimum absolute atomic E-state index is 0.0639. The number of amides is 1. The lowest BCUT2D eigenvalue weighted by Gasteiger charge is -2.38. The van der Waals surface area contributed by atoms with Crippen molar-refractivity contribution in [3.8, 4) is 0 Å². The second kappa shape index (κ2) is 8.77. The van der Waals surface area contributed by atoms with Gasteiger partial charge in [-0.15, -0.1) is 0 Å². The van der Waals surface area contributed by atoms with E-state index in [9.17, 15) is 27.9 Å². The molecule has 0 saturated carbocycles. The molecule has 0 bridgehead atoms. The third kappa shape index (κ3) is 4.37. The third-order valence-corrected chi connectivity index (χ3v) is 6.96. The molecule has 1 aliphatic heterocycles. The molecular weight excluding hydrogens is 473 g/mol. The Hall–Kier alpha value is -3.66. The van der Waals surface area contributed by atoms with Crippen LogP contribution in [0.15, 0.2) is 53.6 Å². The number of aliphatic hydroxyl groups is 1. The SMILES string of the molecule is Cc1ccc2[nH]c3c(=O)n(CCC(=O)N4CCC(O)(c5cccc(C(F)(F)F)c5)CC4)cnc3c2c1. The van der Waals surface area contributed by atoms with Crippen LogP contribution in [0.1, 0.15) is 36.0 Å². The lowest BCUT2D eigenvalue weighted by Crippen LogP contribution is -2.45. The highest BCUT2D eigenvalue weighted by Gasteiger charge is 2.37. The van der Waals surface area contributed by atoms with Crippen LogP contribution < -0.4 is 5.56 Å². The quantitative estimate of drug-likeness (QED) is 0.443. The Morgan fingerprint density at radius 2 is 1.92 bits per heavy atom. The zero-order chi connectivity index (χ0) is 25.7. The summed E-state index contributed by atoms with van der Waals surface area (Å²) in [5.74, 6) is -0.194. The Kier molecular flexibility index (Phi) is 5.86. The molecule has 1 saturated heterocycles. The van der Waals surface area contributed by atoms with Crippen LogP contribution in [0.25, 0.3) is 21.9 Å². The van der Waals surface area contributed by atoms with Crippen molar-refractivity contribution >= 4 is 27.8 Å². The fraction of sp³-hybridized carbons (Fsp3) is 0.346. The molecule has 10 heteroatoms. The first-order valence-electron chi connectivity index (χ1n) is 11.7. The minimum atomic E-state index is -4.50. The van der Waals surface area contributed by atoms with E-state index >= 15 is 0 Å². The van der Waals surface area contributed by atoms with Crippen molar-refractivity contribution in [3.63, 3.8) is 0 Å². The van der Waals surface area contributed by atoms with Gasteiger partial charge >= 0.3 is 6.18 Å². The van der Waals surface area contributed by atoms with Crippen LogP contribution >= 0.6 is 0 Å². The highest BCUT2D eigenvalue weighted by atomic mass is 19.4. The van der Waals surface area contributed by atoms with Crippen LogP contribution in [0.3, 0.4) is 0 Å². The van der Waals surface area contributed by atoms with Gasteiger partial charge in [0, 0.05) is 37.0 Å². The number of benzene rings is 2. The summed E-state index contributed by atoms with van der Waals surface area (Å²) >= 11 is 0. The second-order valence-electron chi connectivity index (χ2n) is 9.38. The Balaban J connectivity index is 1.25. The summed E-state index contributed by atoms with van der Waals surface area (Å²) in [6.07, 6.45) is -2.74. The molecule has 36 heavy (non-hydrogen) atoms. The summed E-state index contributed by atoms with van der Waals surface area (Å²) < 4.78 is 40.6. The first-order chi connectivity index (χ1) is 17.0. The van der Waals surface area contributed by atoms with E-state index < -0.39 is 17.3 Å². The predicted octanol–water partition coefficient (Wildman–Crippen LogP) is 4.11. The maximum absolute atomic E-state index is 13.1. The molecule has 1 aliphatic rings. The number of aryl methyl sites for hydroxylation is 2. The number of piperidine rings is 1. The van der Waals surface area contributed by atoms with Crippen LogP contribution in [-0.4, -0.2) is 43.5 Å². The van der Waals surface area contributed by atoms with E-state index in [-0.39, 0.29) is 55.9 Å². The lowest BCUT2D eigenvalue weighted by atomic mass is 9.83. The molecule has 2 aromatic carbocycles. The van der Waals surface area contributed by atoms with Crippen molar-refractivity contribution < 1.29 is 23.1 Å². The summed E-state index contributed by atoms with van der Waals surface area (Å²) in [6.45, 7) is 2.52. The zero-order valence-electron chi connectivity index (χ0n) is 19.6. The number of H-pyrrole nitrogens is 1. The van der Waals surface area contributed by atoms with E-state index in [0.717, 1.165) is 28.6 Å². The number of hydrogen-bond donors (Lipinski definition) is 2. The Labute approximate surface area is 204 Å². The average Bonchev–Trinajstić information content (AvgIpc) is 3.22. The standard InChI is InChI=1S/C26H25F3N4O3/c1-16-5-6-20-19(13-16)22-23(31-20)24(35)33(15-30-22)10-7-21(34)32-11-8-25(36,9-12-32)17-3-2-4-18(14-17)26(27,28)29/h2-6,13-15,31,36H,7-12H2,1H3. The van der Waals surface area contributed by atoms with E-state index in [1.807, 2.05) is 25.1 Å². The van der Waals surface area contributed by atoms with Gasteiger partial charge in [0.25, 0.3) is 5.56 Å². The number of hydrogen-bond acceptors (Lipinski definition) is 4. The number of alkyl halides is 3. The van der Waals surface area contributed by atoms with Gasteiger partial charge < -0.3 is 15.0 Å². The number of fused-ring (bicyclic) bond motifs is 3. The molecule has 0 atom stereocenters. The highest BCUT2D eigenvalue weighted by molar-refractivity contribution is 6.04. The van der Waals surface area contributed by atoms with Crippen molar-refractivity contribution in [2.24, 2.45) is 0 Å². The summed E-state index contributed by atoms with van der Waals surface area (Å²) in [5, 5.41) is 11.9. The molecule has 0 spiro atoms. The monoisotopic (exact) mass is 498 g/mol. The zero-order valence-corrected chi connectivity index (χ0v) is 19.6. The maximum atomic E-state index is 13.1. The number of halogens is 3. The van der Waals surface area contributed by atoms with Crippen LogP contribution in [0.4, 0.5) is 13.2 Å². The molecule has 0 aliphatic carbocycles. The van der Waals surface area contributed by atoms with Crippen LogP contribution in [0.2, 0.25) is 0 Å². The van der Waals surface area contributed by atoms with E-state index in [0.29, 0.717) is 11.0 Å². The summed E-state index contributed by atoms with van der Waals surface area (Å²) in [6, 6.07) is 10.5. The van der Waals surface area contributed by atoms with Gasteiger partial charge in [-0.3, -0.25) is 14.2 Å². The summed E-state index contributed by atoms with van der Waals surface area (Å²) in [5.41, 5.74) is 0.534. The molecule has 1 fully saturated rings. The van der Waals surface area contributed by atoms with E-state index in [2.05, 4.69) is 9.97 Å². The highest BCUT2D eigenvalue weighted by Crippen LogP contribution is 2.37. The Bertz CT molecular complexity index is 1510. The van der Waals surface area contributed by atoms with Crippen molar-refractivity contribution in [3.05, 3.63) is 75.8 Å². The van der Waals surface area contributed by atoms with Crippen molar-refractivity contribution in [1.29, 1.82) is 0 Å². The van der Waals surface area contributed by atoms with E-state index in [1.165, 1.54) is 23.0 Å². The molecule has 5 rings (SSSR count). The van der Waals surface area contributed by atoms with Gasteiger partial charge in [-0.1, -0.05) is 23.8 Å². The molecule has 3 heterocycles. The van der Waals surface area contributed by atoms with Crippen molar-refractivity contribution in [2.75, 3.05) is 13.1 Å². The molecule has 188 valence electrons. The number of nitrogens with zero attached hydrogens (tertiary/aromatic N) is 3. The second-order valence-corrected chi connectivity index (χ2v) is 9.38. The number of nitrogens with one attached hydrogen (secondary N) is 1. The molecule has 1 amide bonds. The van der Waals surface area contributed by atoms with Crippen LogP contribution in [0.5, 0.6) is 0 Å². The lowest BCUT2D eigenvalue weighted by molar-refractivity contribution is -0.137. The number of aromatic nitrogens is 3. The molecule has 7 nitrogen and oxygen atoms in total. The maximum Gasteiger partial charge on any atom is 0.416 e. The molecule has 0 radical (unpaired) electrons. The molecule has 0 unspecified atom stereocenters. The van der Waals surface area contributed by atoms with Crippen LogP contribution in [-0.2, 0) is 23.1 Å². The topological polar surface area (TPSA) is 91.2 Å². The molecule has 2 aromatic heterocycles. The summed E-state index contributed by atoms with van der Waals surface area (Å²) in [7, 11) is 0. The third-order valence-electron chi connectivity index (χ3n) is 6.96. The van der Waals surface area contributed by atoms with Crippen molar-refractivity contribution in [1.82, 2.24) is 19.4 Å². The first kappa shape index (κ1) is 24.1. The van der Waals surface area contributed by atoms with E-state index in [4.69, 9.17) is 0 Å². The fourth-order valence-corrected chi connectivity index (χ4v) is 4.84. The molecule has 4 aromatic rings. The Morgan fingerprint density at radius 3 is 2.64 bits per heavy atom. The summed E-state index contributed by atoms with van der Waals surface area (Å²) in [4.78, 5) is 34.9. The predicted molar refractivity (Wildman–Crippen MR) is 128 cm³/mol. The number of carbonyl (C=O) groups is 1. The Morgan fingerprint density at radius 1 is 1.17 bits per heavy atom. The fourth-order valence-electron chi connectivity index (χ4n) is 4.84. The first-order valence-corrected chi connectivity index (χ1v) is 11.7. The number of aromatic amines is 1. The van der Waals surface area contributed by atoms with Gasteiger partial charge in [-0.05, 0) is 49.6 Å². The van der Waals surface area contributed by atoms with Gasteiger partial charge in [0.2, 0.25) is 5.91 Å². The van der Waals surface area contributed by atoms with Gasteiger partial charge in [0.05, 0.1) is 17.5 Å². The van der Waals surface area contributed by atoms with E-state index in [1.54, 1.807) is 4.90 Å².